The summed E-state index contributed by atoms with van der Waals surface area (Å²) in [5.74, 6) is 1.07. The molecule has 1 atom stereocenters. The summed E-state index contributed by atoms with van der Waals surface area (Å²) in [7, 11) is 0. The molecule has 3 heteroatoms. The van der Waals surface area contributed by atoms with Gasteiger partial charge in [-0.05, 0) is 31.4 Å². The second-order valence-electron chi connectivity index (χ2n) is 4.59. The van der Waals surface area contributed by atoms with Crippen molar-refractivity contribution in [1.29, 1.82) is 0 Å². The molecule has 0 radical (unpaired) electrons. The summed E-state index contributed by atoms with van der Waals surface area (Å²) in [6, 6.07) is 12.8. The van der Waals surface area contributed by atoms with E-state index < -0.39 is 0 Å². The van der Waals surface area contributed by atoms with Crippen LogP contribution < -0.4 is 5.32 Å². The summed E-state index contributed by atoms with van der Waals surface area (Å²) < 4.78 is 1.96. The molecule has 0 fully saturated rings. The van der Waals surface area contributed by atoms with Gasteiger partial charge >= 0.3 is 0 Å². The summed E-state index contributed by atoms with van der Waals surface area (Å²) in [6.45, 7) is 0. The lowest BCUT2D eigenvalue weighted by Gasteiger charge is -2.21. The van der Waals surface area contributed by atoms with Crippen LogP contribution in [0.4, 0.5) is 5.82 Å². The molecule has 0 bridgehead atoms. The predicted molar refractivity (Wildman–Crippen MR) is 74.0 cm³/mol. The van der Waals surface area contributed by atoms with Crippen LogP contribution in [0.1, 0.15) is 19.3 Å². The number of hydrogen-bond donors (Lipinski definition) is 1. The standard InChI is InChI=1S/C15H17N3/c1-3-7-13(8-4-1)17-15-11-12-16-18(15)14-9-5-2-6-10-14/h1-3,5-6,9-13,17H,4,7-8H2. The van der Waals surface area contributed by atoms with E-state index in [2.05, 4.69) is 34.7 Å². The minimum absolute atomic E-state index is 0.522. The molecular weight excluding hydrogens is 222 g/mol. The van der Waals surface area contributed by atoms with Crippen LogP contribution in [0.15, 0.2) is 54.7 Å². The van der Waals surface area contributed by atoms with Crippen LogP contribution in [0, 0.1) is 0 Å². The molecule has 1 aromatic heterocycles. The summed E-state index contributed by atoms with van der Waals surface area (Å²) >= 11 is 0. The number of nitrogens with one attached hydrogen (secondary N) is 1. The Hall–Kier alpha value is -2.03. The summed E-state index contributed by atoms with van der Waals surface area (Å²) in [4.78, 5) is 0. The topological polar surface area (TPSA) is 29.9 Å². The highest BCUT2D eigenvalue weighted by molar-refractivity contribution is 5.45. The van der Waals surface area contributed by atoms with Gasteiger partial charge in [0, 0.05) is 12.1 Å². The van der Waals surface area contributed by atoms with Crippen molar-refractivity contribution in [3.8, 4) is 5.69 Å². The van der Waals surface area contributed by atoms with Gasteiger partial charge in [0.2, 0.25) is 0 Å². The number of aromatic nitrogens is 2. The lowest BCUT2D eigenvalue weighted by atomic mass is 10.0. The Kier molecular flexibility index (Phi) is 3.13. The van der Waals surface area contributed by atoms with Crippen molar-refractivity contribution in [3.63, 3.8) is 0 Å². The first-order valence-electron chi connectivity index (χ1n) is 6.44. The quantitative estimate of drug-likeness (QED) is 0.832. The van der Waals surface area contributed by atoms with Crippen molar-refractivity contribution in [2.45, 2.75) is 25.3 Å². The average molecular weight is 239 g/mol. The average Bonchev–Trinajstić information content (AvgIpc) is 2.89. The Labute approximate surface area is 107 Å². The Balaban J connectivity index is 1.81. The van der Waals surface area contributed by atoms with Crippen LogP contribution in [0.25, 0.3) is 5.69 Å². The van der Waals surface area contributed by atoms with E-state index in [-0.39, 0.29) is 0 Å². The van der Waals surface area contributed by atoms with E-state index in [1.54, 1.807) is 0 Å². The second-order valence-corrected chi connectivity index (χ2v) is 4.59. The van der Waals surface area contributed by atoms with Crippen LogP contribution >= 0.6 is 0 Å². The molecule has 0 aliphatic heterocycles. The molecular formula is C15H17N3. The number of rotatable bonds is 3. The minimum atomic E-state index is 0.522. The zero-order chi connectivity index (χ0) is 12.2. The fourth-order valence-corrected chi connectivity index (χ4v) is 2.32. The van der Waals surface area contributed by atoms with E-state index in [1.807, 2.05) is 35.1 Å². The van der Waals surface area contributed by atoms with Gasteiger partial charge < -0.3 is 5.32 Å². The first-order valence-corrected chi connectivity index (χ1v) is 6.44. The van der Waals surface area contributed by atoms with E-state index in [0.29, 0.717) is 6.04 Å². The predicted octanol–water partition coefficient (Wildman–Crippen LogP) is 3.39. The highest BCUT2D eigenvalue weighted by Crippen LogP contribution is 2.19. The maximum atomic E-state index is 4.39. The Morgan fingerprint density at radius 1 is 1.11 bits per heavy atom. The summed E-state index contributed by atoms with van der Waals surface area (Å²) in [5.41, 5.74) is 1.09. The van der Waals surface area contributed by atoms with Gasteiger partial charge in [-0.25, -0.2) is 4.68 Å². The monoisotopic (exact) mass is 239 g/mol. The summed E-state index contributed by atoms with van der Waals surface area (Å²) in [6.07, 6.45) is 9.80. The second kappa shape index (κ2) is 5.08. The molecule has 1 aliphatic carbocycles. The van der Waals surface area contributed by atoms with Gasteiger partial charge in [-0.1, -0.05) is 30.4 Å². The maximum Gasteiger partial charge on any atom is 0.129 e. The lowest BCUT2D eigenvalue weighted by Crippen LogP contribution is -2.22. The molecule has 3 rings (SSSR count). The van der Waals surface area contributed by atoms with Gasteiger partial charge in [0.05, 0.1) is 11.9 Å². The number of anilines is 1. The van der Waals surface area contributed by atoms with Crippen molar-refractivity contribution >= 4 is 5.82 Å². The van der Waals surface area contributed by atoms with Crippen molar-refractivity contribution in [3.05, 3.63) is 54.7 Å². The van der Waals surface area contributed by atoms with E-state index in [1.165, 1.54) is 6.42 Å². The molecule has 1 aliphatic rings. The molecule has 0 saturated carbocycles. The van der Waals surface area contributed by atoms with Crippen LogP contribution in [0.2, 0.25) is 0 Å². The molecule has 18 heavy (non-hydrogen) atoms. The maximum absolute atomic E-state index is 4.39. The van der Waals surface area contributed by atoms with E-state index >= 15 is 0 Å². The number of nitrogens with zero attached hydrogens (tertiary/aromatic N) is 2. The third-order valence-electron chi connectivity index (χ3n) is 3.26. The van der Waals surface area contributed by atoms with Gasteiger partial charge in [0.15, 0.2) is 0 Å². The van der Waals surface area contributed by atoms with Gasteiger partial charge in [-0.3, -0.25) is 0 Å². The number of benzene rings is 1. The molecule has 1 unspecified atom stereocenters. The number of hydrogen-bond acceptors (Lipinski definition) is 2. The molecule has 1 heterocycles. The first kappa shape index (κ1) is 11.1. The largest absolute Gasteiger partial charge is 0.367 e. The van der Waals surface area contributed by atoms with Gasteiger partial charge in [-0.2, -0.15) is 5.10 Å². The minimum Gasteiger partial charge on any atom is -0.367 e. The van der Waals surface area contributed by atoms with Crippen molar-refractivity contribution < 1.29 is 0 Å². The lowest BCUT2D eigenvalue weighted by molar-refractivity contribution is 0.637. The molecule has 0 saturated heterocycles. The van der Waals surface area contributed by atoms with Crippen LogP contribution in [-0.2, 0) is 0 Å². The van der Waals surface area contributed by atoms with Gasteiger partial charge in [0.25, 0.3) is 0 Å². The third kappa shape index (κ3) is 2.30. The molecule has 0 amide bonds. The Morgan fingerprint density at radius 3 is 2.78 bits per heavy atom. The van der Waals surface area contributed by atoms with Crippen LogP contribution in [0.3, 0.4) is 0 Å². The zero-order valence-corrected chi connectivity index (χ0v) is 10.3. The molecule has 3 nitrogen and oxygen atoms in total. The van der Waals surface area contributed by atoms with E-state index in [0.717, 1.165) is 24.3 Å². The zero-order valence-electron chi connectivity index (χ0n) is 10.3. The number of allylic oxidation sites excluding steroid dienone is 1. The van der Waals surface area contributed by atoms with Crippen molar-refractivity contribution in [1.82, 2.24) is 9.78 Å². The fourth-order valence-electron chi connectivity index (χ4n) is 2.32. The Bertz CT molecular complexity index is 528. The molecule has 1 aromatic carbocycles. The highest BCUT2D eigenvalue weighted by Gasteiger charge is 2.12. The smallest absolute Gasteiger partial charge is 0.129 e. The van der Waals surface area contributed by atoms with E-state index in [4.69, 9.17) is 0 Å². The molecule has 1 N–H and O–H groups in total. The van der Waals surface area contributed by atoms with Gasteiger partial charge in [-0.15, -0.1) is 0 Å². The fraction of sp³-hybridized carbons (Fsp3) is 0.267. The molecule has 92 valence electrons. The first-order chi connectivity index (χ1) is 8.93. The van der Waals surface area contributed by atoms with Crippen molar-refractivity contribution in [2.75, 3.05) is 5.32 Å². The van der Waals surface area contributed by atoms with E-state index in [9.17, 15) is 0 Å². The SMILES string of the molecule is C1=CCC(Nc2ccnn2-c2ccccc2)CC1. The Morgan fingerprint density at radius 2 is 2.00 bits per heavy atom. The normalized spacial score (nSPS) is 18.8. The number of para-hydroxylation sites is 1. The molecule has 2 aromatic rings. The van der Waals surface area contributed by atoms with Crippen molar-refractivity contribution in [2.24, 2.45) is 0 Å². The third-order valence-corrected chi connectivity index (χ3v) is 3.26. The van der Waals surface area contributed by atoms with Crippen LogP contribution in [0.5, 0.6) is 0 Å². The summed E-state index contributed by atoms with van der Waals surface area (Å²) in [5, 5.41) is 7.97. The highest BCUT2D eigenvalue weighted by atomic mass is 15.3. The molecule has 0 spiro atoms. The van der Waals surface area contributed by atoms with Gasteiger partial charge in [0.1, 0.15) is 5.82 Å². The van der Waals surface area contributed by atoms with Crippen LogP contribution in [-0.4, -0.2) is 15.8 Å².